The van der Waals surface area contributed by atoms with Crippen molar-refractivity contribution >= 4 is 27.7 Å². The second kappa shape index (κ2) is 12.3. The summed E-state index contributed by atoms with van der Waals surface area (Å²) in [7, 11) is 0. The highest BCUT2D eigenvalue weighted by molar-refractivity contribution is 9.10. The number of hydrogen-bond acceptors (Lipinski definition) is 3. The van der Waals surface area contributed by atoms with Gasteiger partial charge in [0.1, 0.15) is 17.6 Å². The third-order valence-corrected chi connectivity index (χ3v) is 5.67. The molecule has 0 aliphatic rings. The molecule has 34 heavy (non-hydrogen) atoms. The highest BCUT2D eigenvalue weighted by Crippen LogP contribution is 2.18. The second-order valence-electron chi connectivity index (χ2n) is 8.26. The van der Waals surface area contributed by atoms with Crippen LogP contribution in [0.2, 0.25) is 0 Å². The van der Waals surface area contributed by atoms with Crippen molar-refractivity contribution in [3.05, 3.63) is 100 Å². The molecule has 3 aromatic rings. The summed E-state index contributed by atoms with van der Waals surface area (Å²) in [5.41, 5.74) is 1.64. The molecule has 1 N–H and O–H groups in total. The number of carbonyl (C=O) groups is 2. The van der Waals surface area contributed by atoms with Gasteiger partial charge in [0.05, 0.1) is 0 Å². The van der Waals surface area contributed by atoms with E-state index in [0.29, 0.717) is 17.7 Å². The fraction of sp³-hybridized carbons (Fsp3) is 0.259. The van der Waals surface area contributed by atoms with Gasteiger partial charge in [-0.15, -0.1) is 0 Å². The van der Waals surface area contributed by atoms with Crippen LogP contribution in [-0.4, -0.2) is 35.4 Å². The lowest BCUT2D eigenvalue weighted by atomic mass is 10.0. The number of amides is 2. The van der Waals surface area contributed by atoms with Gasteiger partial charge >= 0.3 is 0 Å². The lowest BCUT2D eigenvalue weighted by molar-refractivity contribution is -0.143. The summed E-state index contributed by atoms with van der Waals surface area (Å²) in [6, 6.07) is 21.8. The number of nitrogens with zero attached hydrogens (tertiary/aromatic N) is 1. The molecule has 0 unspecified atom stereocenters. The van der Waals surface area contributed by atoms with Gasteiger partial charge in [-0.3, -0.25) is 9.59 Å². The molecule has 1 atom stereocenters. The molecule has 0 spiro atoms. The highest BCUT2D eigenvalue weighted by atomic mass is 79.9. The summed E-state index contributed by atoms with van der Waals surface area (Å²) in [5.74, 6) is -0.409. The molecule has 2 amide bonds. The molecule has 0 bridgehead atoms. The standard InChI is InChI=1S/C27H28BrFN2O3/c1-19(2)30-27(33)25(16-20-6-4-3-5-7-20)31(17-21-8-12-23(29)13-9-21)26(32)18-34-24-14-10-22(28)11-15-24/h3-15,19,25H,16-18H2,1-2H3,(H,30,33)/t25-/m0/s1. The average Bonchev–Trinajstić information content (AvgIpc) is 2.82. The molecule has 0 fully saturated rings. The number of rotatable bonds is 10. The first-order chi connectivity index (χ1) is 16.3. The van der Waals surface area contributed by atoms with Crippen LogP contribution in [0.25, 0.3) is 0 Å². The van der Waals surface area contributed by atoms with E-state index in [9.17, 15) is 14.0 Å². The summed E-state index contributed by atoms with van der Waals surface area (Å²) in [6.45, 7) is 3.66. The van der Waals surface area contributed by atoms with E-state index >= 15 is 0 Å². The summed E-state index contributed by atoms with van der Waals surface area (Å²) < 4.78 is 20.1. The molecule has 0 aromatic heterocycles. The van der Waals surface area contributed by atoms with Gasteiger partial charge in [-0.25, -0.2) is 4.39 Å². The number of halogens is 2. The monoisotopic (exact) mass is 526 g/mol. The molecular formula is C27H28BrFN2O3. The zero-order chi connectivity index (χ0) is 24.5. The third-order valence-electron chi connectivity index (χ3n) is 5.14. The summed E-state index contributed by atoms with van der Waals surface area (Å²) in [4.78, 5) is 28.2. The van der Waals surface area contributed by atoms with E-state index in [2.05, 4.69) is 21.2 Å². The Morgan fingerprint density at radius 2 is 1.59 bits per heavy atom. The van der Waals surface area contributed by atoms with Crippen LogP contribution >= 0.6 is 15.9 Å². The molecule has 3 rings (SSSR count). The Labute approximate surface area is 208 Å². The second-order valence-corrected chi connectivity index (χ2v) is 9.18. The SMILES string of the molecule is CC(C)NC(=O)[C@H](Cc1ccccc1)N(Cc1ccc(F)cc1)C(=O)COc1ccc(Br)cc1. The van der Waals surface area contributed by atoms with Crippen molar-refractivity contribution in [2.45, 2.75) is 38.9 Å². The first-order valence-electron chi connectivity index (χ1n) is 11.1. The Morgan fingerprint density at radius 3 is 2.21 bits per heavy atom. The molecule has 5 nitrogen and oxygen atoms in total. The minimum atomic E-state index is -0.768. The molecular weight excluding hydrogens is 499 g/mol. The molecule has 0 saturated carbocycles. The predicted molar refractivity (Wildman–Crippen MR) is 134 cm³/mol. The maximum Gasteiger partial charge on any atom is 0.261 e. The van der Waals surface area contributed by atoms with Crippen LogP contribution in [-0.2, 0) is 22.6 Å². The molecule has 0 radical (unpaired) electrons. The summed E-state index contributed by atoms with van der Waals surface area (Å²) in [6.07, 6.45) is 0.338. The lowest BCUT2D eigenvalue weighted by Gasteiger charge is -2.32. The number of hydrogen-bond donors (Lipinski definition) is 1. The van der Waals surface area contributed by atoms with E-state index in [0.717, 1.165) is 10.0 Å². The molecule has 0 aliphatic carbocycles. The van der Waals surface area contributed by atoms with Crippen LogP contribution in [0, 0.1) is 5.82 Å². The normalized spacial score (nSPS) is 11.7. The Bertz CT molecular complexity index is 1070. The quantitative estimate of drug-likeness (QED) is 0.398. The number of carbonyl (C=O) groups excluding carboxylic acids is 2. The summed E-state index contributed by atoms with van der Waals surface area (Å²) >= 11 is 3.38. The van der Waals surface area contributed by atoms with Gasteiger partial charge in [0.25, 0.3) is 5.91 Å². The zero-order valence-electron chi connectivity index (χ0n) is 19.2. The van der Waals surface area contributed by atoms with Crippen LogP contribution in [0.1, 0.15) is 25.0 Å². The average molecular weight is 527 g/mol. The van der Waals surface area contributed by atoms with Gasteiger partial charge in [0.2, 0.25) is 5.91 Å². The lowest BCUT2D eigenvalue weighted by Crippen LogP contribution is -2.52. The zero-order valence-corrected chi connectivity index (χ0v) is 20.8. The van der Waals surface area contributed by atoms with Gasteiger partial charge in [-0.2, -0.15) is 0 Å². The minimum Gasteiger partial charge on any atom is -0.484 e. The molecule has 0 heterocycles. The van der Waals surface area contributed by atoms with Crippen LogP contribution in [0.3, 0.4) is 0 Å². The van der Waals surface area contributed by atoms with E-state index in [4.69, 9.17) is 4.74 Å². The van der Waals surface area contributed by atoms with Crippen molar-refractivity contribution < 1.29 is 18.7 Å². The van der Waals surface area contributed by atoms with Crippen molar-refractivity contribution in [1.29, 1.82) is 0 Å². The van der Waals surface area contributed by atoms with Crippen LogP contribution in [0.5, 0.6) is 5.75 Å². The van der Waals surface area contributed by atoms with Gasteiger partial charge in [-0.1, -0.05) is 58.4 Å². The maximum absolute atomic E-state index is 13.5. The van der Waals surface area contributed by atoms with Gasteiger partial charge in [0.15, 0.2) is 6.61 Å². The fourth-order valence-corrected chi connectivity index (χ4v) is 3.74. The molecule has 0 aliphatic heterocycles. The van der Waals surface area contributed by atoms with Crippen molar-refractivity contribution in [1.82, 2.24) is 10.2 Å². The molecule has 3 aromatic carbocycles. The van der Waals surface area contributed by atoms with Crippen LogP contribution in [0.4, 0.5) is 4.39 Å². The molecule has 178 valence electrons. The van der Waals surface area contributed by atoms with E-state index in [-0.39, 0.29) is 36.8 Å². The third kappa shape index (κ3) is 7.70. The van der Waals surface area contributed by atoms with Crippen molar-refractivity contribution in [3.8, 4) is 5.75 Å². The van der Waals surface area contributed by atoms with Crippen LogP contribution < -0.4 is 10.1 Å². The minimum absolute atomic E-state index is 0.0902. The molecule has 0 saturated heterocycles. The first-order valence-corrected chi connectivity index (χ1v) is 11.9. The number of ether oxygens (including phenoxy) is 1. The smallest absolute Gasteiger partial charge is 0.261 e. The van der Waals surface area contributed by atoms with E-state index in [1.54, 1.807) is 24.3 Å². The maximum atomic E-state index is 13.5. The summed E-state index contributed by atoms with van der Waals surface area (Å²) in [5, 5.41) is 2.93. The van der Waals surface area contributed by atoms with Gasteiger partial charge < -0.3 is 15.0 Å². The largest absolute Gasteiger partial charge is 0.484 e. The van der Waals surface area contributed by atoms with E-state index in [1.165, 1.54) is 17.0 Å². The van der Waals surface area contributed by atoms with Crippen molar-refractivity contribution in [2.75, 3.05) is 6.61 Å². The van der Waals surface area contributed by atoms with Gasteiger partial charge in [-0.05, 0) is 61.4 Å². The van der Waals surface area contributed by atoms with E-state index < -0.39 is 6.04 Å². The Kier molecular flexibility index (Phi) is 9.22. The Morgan fingerprint density at radius 1 is 0.941 bits per heavy atom. The Hall–Kier alpha value is -3.19. The van der Waals surface area contributed by atoms with Gasteiger partial charge in [0, 0.05) is 23.5 Å². The highest BCUT2D eigenvalue weighted by Gasteiger charge is 2.31. The van der Waals surface area contributed by atoms with Crippen LogP contribution in [0.15, 0.2) is 83.3 Å². The first kappa shape index (κ1) is 25.4. The number of benzene rings is 3. The van der Waals surface area contributed by atoms with Crippen molar-refractivity contribution in [2.24, 2.45) is 0 Å². The molecule has 7 heteroatoms. The topological polar surface area (TPSA) is 58.6 Å². The van der Waals surface area contributed by atoms with E-state index in [1.807, 2.05) is 56.3 Å². The predicted octanol–water partition coefficient (Wildman–Crippen LogP) is 5.13. The fourth-order valence-electron chi connectivity index (χ4n) is 3.48. The Balaban J connectivity index is 1.89. The van der Waals surface area contributed by atoms with Crippen molar-refractivity contribution in [3.63, 3.8) is 0 Å². The number of nitrogens with one attached hydrogen (secondary N) is 1.